The SMILES string of the molecule is CC(C)n1c(COc2ccc(Cl)cc2)cc2cccc(N)c21. The van der Waals surface area contributed by atoms with Crippen LogP contribution in [0.4, 0.5) is 5.69 Å². The van der Waals surface area contributed by atoms with Crippen molar-refractivity contribution >= 4 is 28.2 Å². The minimum Gasteiger partial charge on any atom is -0.487 e. The molecule has 3 rings (SSSR count). The van der Waals surface area contributed by atoms with Gasteiger partial charge in [0.1, 0.15) is 12.4 Å². The molecular formula is C18H19ClN2O. The molecule has 0 bridgehead atoms. The highest BCUT2D eigenvalue weighted by atomic mass is 35.5. The Hall–Kier alpha value is -2.13. The number of nitrogens with two attached hydrogens (primary N) is 1. The van der Waals surface area contributed by atoms with Gasteiger partial charge in [-0.3, -0.25) is 0 Å². The largest absolute Gasteiger partial charge is 0.487 e. The fourth-order valence-electron chi connectivity index (χ4n) is 2.76. The van der Waals surface area contributed by atoms with Gasteiger partial charge in [0.05, 0.1) is 16.9 Å². The maximum Gasteiger partial charge on any atom is 0.128 e. The second kappa shape index (κ2) is 5.93. The molecule has 0 amide bonds. The summed E-state index contributed by atoms with van der Waals surface area (Å²) in [6, 6.07) is 15.8. The summed E-state index contributed by atoms with van der Waals surface area (Å²) in [5, 5.41) is 1.85. The Bertz CT molecular complexity index is 791. The smallest absolute Gasteiger partial charge is 0.128 e. The molecule has 3 nitrogen and oxygen atoms in total. The number of ether oxygens (including phenoxy) is 1. The first-order chi connectivity index (χ1) is 10.6. The number of para-hydroxylation sites is 1. The molecule has 1 aromatic heterocycles. The monoisotopic (exact) mass is 314 g/mol. The standard InChI is InChI=1S/C18H19ClN2O/c1-12(2)21-15(10-13-4-3-5-17(20)18(13)21)11-22-16-8-6-14(19)7-9-16/h3-10,12H,11,20H2,1-2H3. The van der Waals surface area contributed by atoms with Gasteiger partial charge in [-0.25, -0.2) is 0 Å². The molecule has 2 N–H and O–H groups in total. The van der Waals surface area contributed by atoms with E-state index in [-0.39, 0.29) is 0 Å². The molecule has 0 atom stereocenters. The van der Waals surface area contributed by atoms with E-state index in [1.807, 2.05) is 36.4 Å². The lowest BCUT2D eigenvalue weighted by molar-refractivity contribution is 0.293. The summed E-state index contributed by atoms with van der Waals surface area (Å²) in [7, 11) is 0. The van der Waals surface area contributed by atoms with Crippen molar-refractivity contribution in [2.75, 3.05) is 5.73 Å². The van der Waals surface area contributed by atoms with Crippen LogP contribution in [0.5, 0.6) is 5.75 Å². The molecule has 0 saturated carbocycles. The second-order valence-electron chi connectivity index (χ2n) is 5.63. The fourth-order valence-corrected chi connectivity index (χ4v) is 2.88. The predicted molar refractivity (Wildman–Crippen MR) is 92.5 cm³/mol. The molecule has 3 aromatic rings. The minimum absolute atomic E-state index is 0.311. The van der Waals surface area contributed by atoms with E-state index in [1.54, 1.807) is 0 Å². The maximum atomic E-state index is 6.16. The van der Waals surface area contributed by atoms with E-state index in [1.165, 1.54) is 0 Å². The van der Waals surface area contributed by atoms with E-state index in [0.29, 0.717) is 17.7 Å². The Labute approximate surface area is 135 Å². The first-order valence-electron chi connectivity index (χ1n) is 7.33. The summed E-state index contributed by atoms with van der Waals surface area (Å²) in [4.78, 5) is 0. The third-order valence-electron chi connectivity index (χ3n) is 3.69. The fraction of sp³-hybridized carbons (Fsp3) is 0.222. The van der Waals surface area contributed by atoms with E-state index in [4.69, 9.17) is 22.1 Å². The average molecular weight is 315 g/mol. The number of anilines is 1. The summed E-state index contributed by atoms with van der Waals surface area (Å²) in [5.74, 6) is 0.804. The topological polar surface area (TPSA) is 40.2 Å². The molecule has 22 heavy (non-hydrogen) atoms. The molecule has 1 heterocycles. The number of aromatic nitrogens is 1. The van der Waals surface area contributed by atoms with Gasteiger partial charge in [-0.05, 0) is 50.2 Å². The van der Waals surface area contributed by atoms with Gasteiger partial charge in [-0.2, -0.15) is 0 Å². The number of benzene rings is 2. The molecule has 0 fully saturated rings. The lowest BCUT2D eigenvalue weighted by atomic mass is 10.2. The first kappa shape index (κ1) is 14.8. The van der Waals surface area contributed by atoms with Gasteiger partial charge in [0.15, 0.2) is 0 Å². The highest BCUT2D eigenvalue weighted by Gasteiger charge is 2.14. The number of nitrogens with zero attached hydrogens (tertiary/aromatic N) is 1. The number of halogens is 1. The van der Waals surface area contributed by atoms with Crippen LogP contribution < -0.4 is 10.5 Å². The molecule has 0 aliphatic rings. The molecule has 0 unspecified atom stereocenters. The Balaban J connectivity index is 1.94. The number of fused-ring (bicyclic) bond motifs is 1. The molecular weight excluding hydrogens is 296 g/mol. The molecule has 114 valence electrons. The van der Waals surface area contributed by atoms with Crippen LogP contribution in [-0.2, 0) is 6.61 Å². The van der Waals surface area contributed by atoms with Crippen LogP contribution >= 0.6 is 11.6 Å². The Morgan fingerprint density at radius 2 is 1.86 bits per heavy atom. The van der Waals surface area contributed by atoms with Crippen LogP contribution in [0.3, 0.4) is 0 Å². The van der Waals surface area contributed by atoms with Crippen LogP contribution in [0.15, 0.2) is 48.5 Å². The van der Waals surface area contributed by atoms with Crippen LogP contribution in [-0.4, -0.2) is 4.57 Å². The highest BCUT2D eigenvalue weighted by molar-refractivity contribution is 6.30. The highest BCUT2D eigenvalue weighted by Crippen LogP contribution is 2.29. The molecule has 0 aliphatic carbocycles. The van der Waals surface area contributed by atoms with E-state index in [0.717, 1.165) is 28.0 Å². The summed E-state index contributed by atoms with van der Waals surface area (Å²) in [6.45, 7) is 4.79. The number of hydrogen-bond donors (Lipinski definition) is 1. The Morgan fingerprint density at radius 3 is 2.55 bits per heavy atom. The predicted octanol–water partition coefficient (Wildman–Crippen LogP) is 5.04. The Morgan fingerprint density at radius 1 is 1.14 bits per heavy atom. The van der Waals surface area contributed by atoms with Gasteiger partial charge in [-0.1, -0.05) is 23.7 Å². The lowest BCUT2D eigenvalue weighted by Crippen LogP contribution is -2.09. The quantitative estimate of drug-likeness (QED) is 0.685. The third-order valence-corrected chi connectivity index (χ3v) is 3.94. The van der Waals surface area contributed by atoms with Crippen LogP contribution in [0.1, 0.15) is 25.6 Å². The van der Waals surface area contributed by atoms with Crippen molar-refractivity contribution in [2.45, 2.75) is 26.5 Å². The van der Waals surface area contributed by atoms with Gasteiger partial charge in [0.25, 0.3) is 0 Å². The third kappa shape index (κ3) is 2.77. The molecule has 0 spiro atoms. The number of nitrogen functional groups attached to an aromatic ring is 1. The molecule has 0 saturated heterocycles. The van der Waals surface area contributed by atoms with Crippen molar-refractivity contribution in [3.8, 4) is 5.75 Å². The van der Waals surface area contributed by atoms with Gasteiger partial charge in [-0.15, -0.1) is 0 Å². The zero-order valence-corrected chi connectivity index (χ0v) is 13.5. The van der Waals surface area contributed by atoms with Crippen molar-refractivity contribution in [1.29, 1.82) is 0 Å². The van der Waals surface area contributed by atoms with Gasteiger partial charge >= 0.3 is 0 Å². The first-order valence-corrected chi connectivity index (χ1v) is 7.70. The van der Waals surface area contributed by atoms with Crippen LogP contribution in [0.25, 0.3) is 10.9 Å². The molecule has 4 heteroatoms. The summed E-state index contributed by atoms with van der Waals surface area (Å²) < 4.78 is 8.12. The summed E-state index contributed by atoms with van der Waals surface area (Å²) in [5.41, 5.74) is 9.14. The van der Waals surface area contributed by atoms with Crippen LogP contribution in [0.2, 0.25) is 5.02 Å². The second-order valence-corrected chi connectivity index (χ2v) is 6.06. The average Bonchev–Trinajstić information content (AvgIpc) is 2.87. The minimum atomic E-state index is 0.311. The zero-order chi connectivity index (χ0) is 15.7. The van der Waals surface area contributed by atoms with Crippen molar-refractivity contribution in [2.24, 2.45) is 0 Å². The summed E-state index contributed by atoms with van der Waals surface area (Å²) in [6.07, 6.45) is 0. The lowest BCUT2D eigenvalue weighted by Gasteiger charge is -2.16. The van der Waals surface area contributed by atoms with E-state index < -0.39 is 0 Å². The van der Waals surface area contributed by atoms with Crippen molar-refractivity contribution in [3.63, 3.8) is 0 Å². The van der Waals surface area contributed by atoms with E-state index in [2.05, 4.69) is 30.5 Å². The van der Waals surface area contributed by atoms with Crippen molar-refractivity contribution in [1.82, 2.24) is 4.57 Å². The van der Waals surface area contributed by atoms with E-state index in [9.17, 15) is 0 Å². The van der Waals surface area contributed by atoms with Crippen LogP contribution in [0, 0.1) is 0 Å². The molecule has 0 aliphatic heterocycles. The maximum absolute atomic E-state index is 6.16. The molecule has 2 aromatic carbocycles. The number of rotatable bonds is 4. The Kier molecular flexibility index (Phi) is 3.99. The number of hydrogen-bond acceptors (Lipinski definition) is 2. The molecule has 0 radical (unpaired) electrons. The van der Waals surface area contributed by atoms with Gasteiger partial charge in [0.2, 0.25) is 0 Å². The summed E-state index contributed by atoms with van der Waals surface area (Å²) >= 11 is 5.89. The van der Waals surface area contributed by atoms with Gasteiger partial charge in [0, 0.05) is 16.5 Å². The normalized spacial score (nSPS) is 11.3. The zero-order valence-electron chi connectivity index (χ0n) is 12.7. The van der Waals surface area contributed by atoms with Crippen molar-refractivity contribution in [3.05, 3.63) is 59.2 Å². The van der Waals surface area contributed by atoms with Gasteiger partial charge < -0.3 is 15.0 Å². The van der Waals surface area contributed by atoms with E-state index >= 15 is 0 Å². The van der Waals surface area contributed by atoms with Crippen molar-refractivity contribution < 1.29 is 4.74 Å².